The standard InChI is InChI=1S/C21H21FN4O4S2/c1-3-26(4-2)32(29,30)18-13-15(7-10-17(18)22)20(28)24-16-8-5-14(6-9-16)19(27)25-21-23-11-12-31-21/h5-13H,3-4H2,1-2H3,(H,24,28)(H,23,25,27). The number of aromatic nitrogens is 1. The molecule has 8 nitrogen and oxygen atoms in total. The van der Waals surface area contributed by atoms with Crippen LogP contribution in [0.1, 0.15) is 34.6 Å². The number of nitrogens with zero attached hydrogens (tertiary/aromatic N) is 2. The maximum atomic E-state index is 14.3. The number of benzene rings is 2. The quantitative estimate of drug-likeness (QED) is 0.514. The van der Waals surface area contributed by atoms with Crippen molar-refractivity contribution in [1.29, 1.82) is 0 Å². The molecule has 1 heterocycles. The second-order valence-electron chi connectivity index (χ2n) is 6.56. The number of sulfonamides is 1. The number of anilines is 2. The summed E-state index contributed by atoms with van der Waals surface area (Å²) in [6.45, 7) is 3.65. The van der Waals surface area contributed by atoms with E-state index >= 15 is 0 Å². The van der Waals surface area contributed by atoms with Crippen molar-refractivity contribution in [3.63, 3.8) is 0 Å². The number of thiazole rings is 1. The zero-order valence-electron chi connectivity index (χ0n) is 17.3. The summed E-state index contributed by atoms with van der Waals surface area (Å²) in [6.07, 6.45) is 1.58. The predicted octanol–water partition coefficient (Wildman–Crippen LogP) is 3.82. The van der Waals surface area contributed by atoms with Crippen molar-refractivity contribution in [2.75, 3.05) is 23.7 Å². The Hall–Kier alpha value is -3.15. The lowest BCUT2D eigenvalue weighted by atomic mass is 10.1. The molecular formula is C21H21FN4O4S2. The summed E-state index contributed by atoms with van der Waals surface area (Å²) in [5, 5.41) is 7.48. The maximum Gasteiger partial charge on any atom is 0.257 e. The van der Waals surface area contributed by atoms with Gasteiger partial charge in [-0.05, 0) is 42.5 Å². The lowest BCUT2D eigenvalue weighted by Gasteiger charge is -2.19. The molecule has 168 valence electrons. The highest BCUT2D eigenvalue weighted by molar-refractivity contribution is 7.89. The summed E-state index contributed by atoms with van der Waals surface area (Å²) in [5.41, 5.74) is 0.744. The maximum absolute atomic E-state index is 14.3. The van der Waals surface area contributed by atoms with E-state index in [1.54, 1.807) is 25.4 Å². The molecule has 0 saturated carbocycles. The molecule has 0 aliphatic carbocycles. The highest BCUT2D eigenvalue weighted by atomic mass is 32.2. The van der Waals surface area contributed by atoms with Gasteiger partial charge in [0.05, 0.1) is 0 Å². The normalized spacial score (nSPS) is 11.4. The molecule has 3 rings (SSSR count). The van der Waals surface area contributed by atoms with Crippen LogP contribution in [0.3, 0.4) is 0 Å². The van der Waals surface area contributed by atoms with Gasteiger partial charge in [0.15, 0.2) is 5.13 Å². The van der Waals surface area contributed by atoms with Gasteiger partial charge in [-0.2, -0.15) is 4.31 Å². The molecule has 2 N–H and O–H groups in total. The third kappa shape index (κ3) is 5.18. The van der Waals surface area contributed by atoms with Crippen LogP contribution in [0.25, 0.3) is 0 Å². The summed E-state index contributed by atoms with van der Waals surface area (Å²) in [7, 11) is -4.07. The highest BCUT2D eigenvalue weighted by Crippen LogP contribution is 2.22. The van der Waals surface area contributed by atoms with E-state index in [0.717, 1.165) is 16.4 Å². The van der Waals surface area contributed by atoms with Gasteiger partial charge >= 0.3 is 0 Å². The van der Waals surface area contributed by atoms with Crippen LogP contribution in [0.2, 0.25) is 0 Å². The highest BCUT2D eigenvalue weighted by Gasteiger charge is 2.26. The number of carbonyl (C=O) groups is 2. The first-order chi connectivity index (χ1) is 15.3. The fourth-order valence-electron chi connectivity index (χ4n) is 2.91. The van der Waals surface area contributed by atoms with Crippen molar-refractivity contribution in [1.82, 2.24) is 9.29 Å². The average Bonchev–Trinajstić information content (AvgIpc) is 3.28. The first kappa shape index (κ1) is 23.5. The average molecular weight is 477 g/mol. The van der Waals surface area contributed by atoms with Crippen molar-refractivity contribution in [2.24, 2.45) is 0 Å². The van der Waals surface area contributed by atoms with E-state index < -0.39 is 26.6 Å². The summed E-state index contributed by atoms with van der Waals surface area (Å²) in [5.74, 6) is -1.88. The zero-order valence-corrected chi connectivity index (χ0v) is 19.0. The molecule has 0 atom stereocenters. The smallest absolute Gasteiger partial charge is 0.257 e. The summed E-state index contributed by atoms with van der Waals surface area (Å²) in [4.78, 5) is 28.3. The first-order valence-corrected chi connectivity index (χ1v) is 12.0. The molecule has 0 bridgehead atoms. The minimum absolute atomic E-state index is 0.0114. The largest absolute Gasteiger partial charge is 0.322 e. The van der Waals surface area contributed by atoms with Crippen molar-refractivity contribution >= 4 is 44.0 Å². The molecule has 0 unspecified atom stereocenters. The van der Waals surface area contributed by atoms with E-state index in [1.165, 1.54) is 41.7 Å². The molecule has 1 aromatic heterocycles. The second-order valence-corrected chi connectivity index (χ2v) is 9.36. The van der Waals surface area contributed by atoms with Gasteiger partial charge in [-0.1, -0.05) is 13.8 Å². The van der Waals surface area contributed by atoms with E-state index in [9.17, 15) is 22.4 Å². The van der Waals surface area contributed by atoms with Gasteiger partial charge in [-0.25, -0.2) is 17.8 Å². The molecule has 3 aromatic rings. The van der Waals surface area contributed by atoms with Crippen LogP contribution in [-0.4, -0.2) is 42.6 Å². The van der Waals surface area contributed by atoms with Crippen LogP contribution in [0.15, 0.2) is 58.9 Å². The van der Waals surface area contributed by atoms with Gasteiger partial charge < -0.3 is 5.32 Å². The summed E-state index contributed by atoms with van der Waals surface area (Å²) >= 11 is 1.29. The van der Waals surface area contributed by atoms with Gasteiger partial charge in [0.25, 0.3) is 11.8 Å². The number of rotatable bonds is 8. The molecular weight excluding hydrogens is 455 g/mol. The van der Waals surface area contributed by atoms with Crippen LogP contribution in [0.4, 0.5) is 15.2 Å². The molecule has 0 fully saturated rings. The molecule has 0 aliphatic rings. The van der Waals surface area contributed by atoms with E-state index in [4.69, 9.17) is 0 Å². The molecule has 0 aliphatic heterocycles. The fourth-order valence-corrected chi connectivity index (χ4v) is 4.98. The predicted molar refractivity (Wildman–Crippen MR) is 121 cm³/mol. The van der Waals surface area contributed by atoms with Crippen molar-refractivity contribution in [2.45, 2.75) is 18.7 Å². The molecule has 0 radical (unpaired) electrons. The first-order valence-electron chi connectivity index (χ1n) is 9.68. The van der Waals surface area contributed by atoms with Gasteiger partial charge in [0, 0.05) is 41.5 Å². The number of halogens is 1. The minimum atomic E-state index is -4.07. The zero-order chi connectivity index (χ0) is 23.3. The molecule has 11 heteroatoms. The lowest BCUT2D eigenvalue weighted by Crippen LogP contribution is -2.31. The van der Waals surface area contributed by atoms with Crippen LogP contribution in [0, 0.1) is 5.82 Å². The van der Waals surface area contributed by atoms with Crippen molar-refractivity contribution < 1.29 is 22.4 Å². The Balaban J connectivity index is 1.75. The van der Waals surface area contributed by atoms with E-state index in [-0.39, 0.29) is 24.6 Å². The van der Waals surface area contributed by atoms with Gasteiger partial charge in [0.2, 0.25) is 10.0 Å². The third-order valence-corrected chi connectivity index (χ3v) is 7.33. The Labute approximate surface area is 189 Å². The van der Waals surface area contributed by atoms with Gasteiger partial charge in [0.1, 0.15) is 10.7 Å². The molecule has 0 saturated heterocycles. The number of hydrogen-bond acceptors (Lipinski definition) is 6. The number of amides is 2. The van der Waals surface area contributed by atoms with Gasteiger partial charge in [-0.3, -0.25) is 14.9 Å². The second kappa shape index (κ2) is 9.98. The van der Waals surface area contributed by atoms with E-state index in [1.807, 2.05) is 0 Å². The Morgan fingerprint density at radius 3 is 2.22 bits per heavy atom. The number of carbonyl (C=O) groups excluding carboxylic acids is 2. The Kier molecular flexibility index (Phi) is 7.33. The molecule has 2 amide bonds. The molecule has 32 heavy (non-hydrogen) atoms. The van der Waals surface area contributed by atoms with Crippen molar-refractivity contribution in [3.8, 4) is 0 Å². The van der Waals surface area contributed by atoms with Crippen LogP contribution >= 0.6 is 11.3 Å². The minimum Gasteiger partial charge on any atom is -0.322 e. The summed E-state index contributed by atoms with van der Waals surface area (Å²) in [6, 6.07) is 9.31. The lowest BCUT2D eigenvalue weighted by molar-refractivity contribution is 0.101. The number of nitrogens with one attached hydrogen (secondary N) is 2. The topological polar surface area (TPSA) is 108 Å². The number of hydrogen-bond donors (Lipinski definition) is 2. The Morgan fingerprint density at radius 1 is 1.00 bits per heavy atom. The third-order valence-electron chi connectivity index (χ3n) is 4.57. The Bertz CT molecular complexity index is 1210. The van der Waals surface area contributed by atoms with E-state index in [2.05, 4.69) is 15.6 Å². The monoisotopic (exact) mass is 476 g/mol. The van der Waals surface area contributed by atoms with Crippen LogP contribution in [-0.2, 0) is 10.0 Å². The van der Waals surface area contributed by atoms with Crippen LogP contribution in [0.5, 0.6) is 0 Å². The SMILES string of the molecule is CCN(CC)S(=O)(=O)c1cc(C(=O)Nc2ccc(C(=O)Nc3nccs3)cc2)ccc1F. The Morgan fingerprint density at radius 2 is 1.62 bits per heavy atom. The van der Waals surface area contributed by atoms with Gasteiger partial charge in [-0.15, -0.1) is 11.3 Å². The summed E-state index contributed by atoms with van der Waals surface area (Å²) < 4.78 is 40.7. The fraction of sp³-hybridized carbons (Fsp3) is 0.190. The molecule has 2 aromatic carbocycles. The van der Waals surface area contributed by atoms with Crippen LogP contribution < -0.4 is 10.6 Å². The molecule has 0 spiro atoms. The van der Waals surface area contributed by atoms with E-state index in [0.29, 0.717) is 16.4 Å². The van der Waals surface area contributed by atoms with Crippen molar-refractivity contribution in [3.05, 3.63) is 71.0 Å².